The summed E-state index contributed by atoms with van der Waals surface area (Å²) in [6.45, 7) is 2.95. The number of hydrogen-bond donors (Lipinski definition) is 1. The third kappa shape index (κ3) is 2.81. The molecule has 0 radical (unpaired) electrons. The average Bonchev–Trinajstić information content (AvgIpc) is 2.82. The Kier molecular flexibility index (Phi) is 4.16. The van der Waals surface area contributed by atoms with Gasteiger partial charge in [0.2, 0.25) is 0 Å². The van der Waals surface area contributed by atoms with E-state index in [1.807, 2.05) is 12.1 Å². The lowest BCUT2D eigenvalue weighted by molar-refractivity contribution is -0.137. The molecule has 5 rings (SSSR count). The summed E-state index contributed by atoms with van der Waals surface area (Å²) >= 11 is 0. The number of anilines is 1. The Labute approximate surface area is 161 Å². The lowest BCUT2D eigenvalue weighted by Gasteiger charge is -2.33. The van der Waals surface area contributed by atoms with Gasteiger partial charge in [0.1, 0.15) is 5.82 Å². The van der Waals surface area contributed by atoms with Crippen molar-refractivity contribution in [3.63, 3.8) is 0 Å². The Bertz CT molecular complexity index is 921. The van der Waals surface area contributed by atoms with Crippen molar-refractivity contribution in [2.24, 2.45) is 0 Å². The van der Waals surface area contributed by atoms with Gasteiger partial charge in [0.25, 0.3) is 0 Å². The molecule has 1 saturated heterocycles. The molecule has 6 heteroatoms. The van der Waals surface area contributed by atoms with E-state index in [1.54, 1.807) is 0 Å². The standard InChI is InChI=1S/C22H22F4N2/c23-19-11-15(22(24,25)26)4-5-16(19)14-9-13-3-1-2-8-28-20-6-7-27-12-18(20)17(10-14)21(13)28/h4-5,9-11,18,20,27H,1-3,6-8,12H2. The number of rotatable bonds is 1. The van der Waals surface area contributed by atoms with E-state index < -0.39 is 17.6 Å². The number of nitrogens with one attached hydrogen (secondary N) is 1. The van der Waals surface area contributed by atoms with E-state index in [9.17, 15) is 17.6 Å². The zero-order valence-corrected chi connectivity index (χ0v) is 15.5. The van der Waals surface area contributed by atoms with Gasteiger partial charge in [0.05, 0.1) is 5.56 Å². The molecule has 148 valence electrons. The van der Waals surface area contributed by atoms with Crippen LogP contribution in [0.25, 0.3) is 11.1 Å². The minimum Gasteiger partial charge on any atom is -0.367 e. The first kappa shape index (κ1) is 18.0. The molecule has 1 fully saturated rings. The zero-order valence-electron chi connectivity index (χ0n) is 15.5. The molecule has 2 atom stereocenters. The van der Waals surface area contributed by atoms with Gasteiger partial charge in [0.15, 0.2) is 0 Å². The number of hydrogen-bond acceptors (Lipinski definition) is 2. The van der Waals surface area contributed by atoms with Gasteiger partial charge >= 0.3 is 6.18 Å². The second-order valence-corrected chi connectivity index (χ2v) is 8.08. The number of aryl methyl sites for hydroxylation is 1. The van der Waals surface area contributed by atoms with Gasteiger partial charge in [0, 0.05) is 36.3 Å². The van der Waals surface area contributed by atoms with E-state index in [2.05, 4.69) is 10.2 Å². The monoisotopic (exact) mass is 390 g/mol. The van der Waals surface area contributed by atoms with E-state index >= 15 is 0 Å². The predicted molar refractivity (Wildman–Crippen MR) is 101 cm³/mol. The van der Waals surface area contributed by atoms with Crippen molar-refractivity contribution in [1.82, 2.24) is 5.32 Å². The highest BCUT2D eigenvalue weighted by Gasteiger charge is 2.41. The third-order valence-electron chi connectivity index (χ3n) is 6.45. The Morgan fingerprint density at radius 3 is 2.71 bits per heavy atom. The Morgan fingerprint density at radius 2 is 1.93 bits per heavy atom. The maximum Gasteiger partial charge on any atom is 0.416 e. The van der Waals surface area contributed by atoms with Crippen molar-refractivity contribution in [2.45, 2.75) is 43.8 Å². The van der Waals surface area contributed by atoms with Crippen LogP contribution in [-0.4, -0.2) is 25.7 Å². The third-order valence-corrected chi connectivity index (χ3v) is 6.45. The van der Waals surface area contributed by atoms with Crippen LogP contribution in [0.5, 0.6) is 0 Å². The van der Waals surface area contributed by atoms with Gasteiger partial charge in [-0.3, -0.25) is 0 Å². The van der Waals surface area contributed by atoms with Gasteiger partial charge in [-0.05, 0) is 73.2 Å². The maximum absolute atomic E-state index is 14.6. The molecule has 28 heavy (non-hydrogen) atoms. The molecule has 0 spiro atoms. The first-order valence-electron chi connectivity index (χ1n) is 9.95. The molecule has 3 aliphatic heterocycles. The van der Waals surface area contributed by atoms with Crippen molar-refractivity contribution in [2.75, 3.05) is 24.5 Å². The molecule has 0 saturated carbocycles. The Hall–Kier alpha value is -2.08. The molecule has 2 unspecified atom stereocenters. The van der Waals surface area contributed by atoms with Crippen LogP contribution in [0.3, 0.4) is 0 Å². The summed E-state index contributed by atoms with van der Waals surface area (Å²) in [6.07, 6.45) is -0.306. The number of piperidine rings is 1. The van der Waals surface area contributed by atoms with Crippen LogP contribution in [0, 0.1) is 5.82 Å². The fourth-order valence-corrected chi connectivity index (χ4v) is 5.20. The molecule has 3 aliphatic rings. The van der Waals surface area contributed by atoms with E-state index in [0.29, 0.717) is 23.6 Å². The largest absolute Gasteiger partial charge is 0.416 e. The second kappa shape index (κ2) is 6.48. The number of benzene rings is 2. The van der Waals surface area contributed by atoms with Gasteiger partial charge < -0.3 is 10.2 Å². The molecule has 2 aromatic carbocycles. The SMILES string of the molecule is Fc1cc(C(F)(F)F)ccc1-c1cc2c3c(c1)C1CNCCC1N3CCCC2. The number of halogens is 4. The van der Waals surface area contributed by atoms with E-state index in [-0.39, 0.29) is 5.56 Å². The number of fused-ring (bicyclic) bond motifs is 3. The lowest BCUT2D eigenvalue weighted by atomic mass is 9.87. The van der Waals surface area contributed by atoms with E-state index in [0.717, 1.165) is 51.4 Å². The smallest absolute Gasteiger partial charge is 0.367 e. The molecule has 2 nitrogen and oxygen atoms in total. The molecular formula is C22H22F4N2. The predicted octanol–water partition coefficient (Wildman–Crippen LogP) is 5.11. The molecule has 0 aromatic heterocycles. The molecule has 1 N–H and O–H groups in total. The van der Waals surface area contributed by atoms with Crippen LogP contribution < -0.4 is 10.2 Å². The summed E-state index contributed by atoms with van der Waals surface area (Å²) in [6, 6.07) is 7.33. The van der Waals surface area contributed by atoms with Crippen LogP contribution in [0.4, 0.5) is 23.2 Å². The normalized spacial score (nSPS) is 23.9. The van der Waals surface area contributed by atoms with E-state index in [4.69, 9.17) is 0 Å². The van der Waals surface area contributed by atoms with Crippen LogP contribution >= 0.6 is 0 Å². The number of nitrogens with zero attached hydrogens (tertiary/aromatic N) is 1. The summed E-state index contributed by atoms with van der Waals surface area (Å²) in [4.78, 5) is 2.54. The van der Waals surface area contributed by atoms with Crippen molar-refractivity contribution in [3.8, 4) is 11.1 Å². The van der Waals surface area contributed by atoms with Gasteiger partial charge in [-0.25, -0.2) is 4.39 Å². The fraction of sp³-hybridized carbons (Fsp3) is 0.455. The van der Waals surface area contributed by atoms with Crippen molar-refractivity contribution >= 4 is 5.69 Å². The summed E-state index contributed by atoms with van der Waals surface area (Å²) < 4.78 is 53.3. The summed E-state index contributed by atoms with van der Waals surface area (Å²) in [5.74, 6) is -0.457. The summed E-state index contributed by atoms with van der Waals surface area (Å²) in [5, 5.41) is 3.47. The topological polar surface area (TPSA) is 15.3 Å². The second-order valence-electron chi connectivity index (χ2n) is 8.08. The maximum atomic E-state index is 14.6. The van der Waals surface area contributed by atoms with Gasteiger partial charge in [-0.1, -0.05) is 6.07 Å². The Morgan fingerprint density at radius 1 is 1.07 bits per heavy atom. The van der Waals surface area contributed by atoms with Crippen LogP contribution in [0.2, 0.25) is 0 Å². The average molecular weight is 390 g/mol. The van der Waals surface area contributed by atoms with Crippen LogP contribution in [0.15, 0.2) is 30.3 Å². The molecular weight excluding hydrogens is 368 g/mol. The van der Waals surface area contributed by atoms with Crippen molar-refractivity contribution < 1.29 is 17.6 Å². The summed E-state index contributed by atoms with van der Waals surface area (Å²) in [5.41, 5.74) is 3.72. The molecule has 0 aliphatic carbocycles. The van der Waals surface area contributed by atoms with Crippen molar-refractivity contribution in [1.29, 1.82) is 0 Å². The molecule has 0 amide bonds. The molecule has 2 aromatic rings. The van der Waals surface area contributed by atoms with Crippen LogP contribution in [0.1, 0.15) is 41.9 Å². The first-order valence-corrected chi connectivity index (χ1v) is 9.95. The van der Waals surface area contributed by atoms with E-state index in [1.165, 1.54) is 22.9 Å². The quantitative estimate of drug-likeness (QED) is 0.681. The highest BCUT2D eigenvalue weighted by atomic mass is 19.4. The highest BCUT2D eigenvalue weighted by molar-refractivity contribution is 5.76. The molecule has 3 heterocycles. The molecule has 0 bridgehead atoms. The lowest BCUT2D eigenvalue weighted by Crippen LogP contribution is -2.44. The van der Waals surface area contributed by atoms with Crippen molar-refractivity contribution in [3.05, 3.63) is 52.8 Å². The zero-order chi connectivity index (χ0) is 19.5. The van der Waals surface area contributed by atoms with Gasteiger partial charge in [-0.15, -0.1) is 0 Å². The Balaban J connectivity index is 1.63. The minimum atomic E-state index is -4.54. The van der Waals surface area contributed by atoms with Gasteiger partial charge in [-0.2, -0.15) is 13.2 Å². The number of alkyl halides is 3. The van der Waals surface area contributed by atoms with Crippen LogP contribution in [-0.2, 0) is 12.6 Å². The minimum absolute atomic E-state index is 0.245. The highest BCUT2D eigenvalue weighted by Crippen LogP contribution is 2.48. The summed E-state index contributed by atoms with van der Waals surface area (Å²) in [7, 11) is 0. The fourth-order valence-electron chi connectivity index (χ4n) is 5.20. The first-order chi connectivity index (χ1) is 13.4.